The number of methoxy groups -OCH3 is 3. The van der Waals surface area contributed by atoms with Crippen LogP contribution in [0.5, 0.6) is 23.0 Å². The molecule has 0 radical (unpaired) electrons. The number of fused-ring (bicyclic) bond motifs is 1. The van der Waals surface area contributed by atoms with E-state index in [1.54, 1.807) is 31.0 Å². The molecule has 0 spiro atoms. The first-order valence-electron chi connectivity index (χ1n) is 10.4. The van der Waals surface area contributed by atoms with E-state index in [9.17, 15) is 13.2 Å². The second-order valence-electron chi connectivity index (χ2n) is 7.43. The van der Waals surface area contributed by atoms with Crippen LogP contribution in [0.15, 0.2) is 36.4 Å². The molecule has 176 valence electrons. The lowest BCUT2D eigenvalue weighted by Crippen LogP contribution is -2.17. The summed E-state index contributed by atoms with van der Waals surface area (Å²) in [6.45, 7) is 0.767. The summed E-state index contributed by atoms with van der Waals surface area (Å²) in [4.78, 5) is 0. The smallest absolute Gasteiger partial charge is 0.493 e. The third-order valence-electron chi connectivity index (χ3n) is 5.38. The molecule has 1 aromatic heterocycles. The molecule has 4 rings (SSSR count). The minimum atomic E-state index is -4.74. The number of hydrogen-bond acceptors (Lipinski definition) is 6. The van der Waals surface area contributed by atoms with Crippen molar-refractivity contribution in [2.45, 2.75) is 25.6 Å². The Morgan fingerprint density at radius 3 is 2.18 bits per heavy atom. The first kappa shape index (κ1) is 22.6. The highest BCUT2D eigenvalue weighted by molar-refractivity contribution is 5.75. The highest BCUT2D eigenvalue weighted by Gasteiger charge is 2.31. The van der Waals surface area contributed by atoms with Gasteiger partial charge in [0, 0.05) is 17.7 Å². The van der Waals surface area contributed by atoms with E-state index in [0.29, 0.717) is 22.9 Å². The number of hydrogen-bond donors (Lipinski definition) is 1. The quantitative estimate of drug-likeness (QED) is 0.541. The molecule has 10 heteroatoms. The number of benzene rings is 2. The SMILES string of the molecule is COc1cc(-c2nn(-c3ccc(OC(F)(F)F)cc3)c3c2CCCCN3)cc(OC)c1OC. The molecule has 0 saturated heterocycles. The number of nitrogens with zero attached hydrogens (tertiary/aromatic N) is 2. The normalized spacial score (nSPS) is 13.5. The summed E-state index contributed by atoms with van der Waals surface area (Å²) < 4.78 is 59.7. The second-order valence-corrected chi connectivity index (χ2v) is 7.43. The van der Waals surface area contributed by atoms with Crippen molar-refractivity contribution in [2.24, 2.45) is 0 Å². The fraction of sp³-hybridized carbons (Fsp3) is 0.348. The van der Waals surface area contributed by atoms with Gasteiger partial charge < -0.3 is 24.3 Å². The lowest BCUT2D eigenvalue weighted by molar-refractivity contribution is -0.274. The van der Waals surface area contributed by atoms with Crippen LogP contribution in [0.1, 0.15) is 18.4 Å². The van der Waals surface area contributed by atoms with Gasteiger partial charge in [-0.15, -0.1) is 13.2 Å². The van der Waals surface area contributed by atoms with Gasteiger partial charge in [-0.05, 0) is 55.7 Å². The minimum absolute atomic E-state index is 0.290. The minimum Gasteiger partial charge on any atom is -0.493 e. The Hall–Kier alpha value is -3.56. The number of anilines is 1. The lowest BCUT2D eigenvalue weighted by atomic mass is 10.0. The van der Waals surface area contributed by atoms with E-state index in [1.807, 2.05) is 12.1 Å². The average Bonchev–Trinajstić information content (AvgIpc) is 2.98. The Morgan fingerprint density at radius 2 is 1.61 bits per heavy atom. The molecule has 2 aromatic carbocycles. The largest absolute Gasteiger partial charge is 0.573 e. The maximum absolute atomic E-state index is 12.5. The van der Waals surface area contributed by atoms with Gasteiger partial charge >= 0.3 is 6.36 Å². The Kier molecular flexibility index (Phi) is 6.26. The third-order valence-corrected chi connectivity index (χ3v) is 5.38. The summed E-state index contributed by atoms with van der Waals surface area (Å²) in [6.07, 6.45) is -1.99. The van der Waals surface area contributed by atoms with Crippen LogP contribution in [-0.4, -0.2) is 44.0 Å². The second kappa shape index (κ2) is 9.13. The molecular formula is C23H24F3N3O4. The van der Waals surface area contributed by atoms with E-state index in [2.05, 4.69) is 10.1 Å². The summed E-state index contributed by atoms with van der Waals surface area (Å²) in [7, 11) is 4.63. The maximum Gasteiger partial charge on any atom is 0.573 e. The van der Waals surface area contributed by atoms with Crippen molar-refractivity contribution in [3.05, 3.63) is 42.0 Å². The number of halogens is 3. The van der Waals surface area contributed by atoms with Gasteiger partial charge in [0.15, 0.2) is 11.5 Å². The van der Waals surface area contributed by atoms with E-state index < -0.39 is 6.36 Å². The van der Waals surface area contributed by atoms with Crippen molar-refractivity contribution in [3.8, 4) is 39.9 Å². The molecule has 0 amide bonds. The van der Waals surface area contributed by atoms with Crippen LogP contribution in [-0.2, 0) is 6.42 Å². The molecule has 1 aliphatic heterocycles. The van der Waals surface area contributed by atoms with E-state index in [-0.39, 0.29) is 5.75 Å². The first-order chi connectivity index (χ1) is 15.8. The number of ether oxygens (including phenoxy) is 4. The zero-order chi connectivity index (χ0) is 23.6. The van der Waals surface area contributed by atoms with Gasteiger partial charge in [0.1, 0.15) is 11.6 Å². The van der Waals surface area contributed by atoms with Crippen LogP contribution in [0.4, 0.5) is 19.0 Å². The molecule has 0 fully saturated rings. The Morgan fingerprint density at radius 1 is 0.939 bits per heavy atom. The molecule has 2 heterocycles. The van der Waals surface area contributed by atoms with E-state index in [0.717, 1.165) is 48.4 Å². The fourth-order valence-corrected chi connectivity index (χ4v) is 3.93. The Balaban J connectivity index is 1.82. The zero-order valence-electron chi connectivity index (χ0n) is 18.5. The van der Waals surface area contributed by atoms with Gasteiger partial charge in [-0.1, -0.05) is 0 Å². The third kappa shape index (κ3) is 4.64. The van der Waals surface area contributed by atoms with Crippen molar-refractivity contribution in [3.63, 3.8) is 0 Å². The maximum atomic E-state index is 12.5. The van der Waals surface area contributed by atoms with E-state index in [1.165, 1.54) is 19.2 Å². The first-order valence-corrected chi connectivity index (χ1v) is 10.4. The standard InChI is InChI=1S/C23H24F3N3O4/c1-30-18-12-14(13-19(31-2)21(18)32-3)20-17-6-4-5-11-27-22(17)29(28-20)15-7-9-16(10-8-15)33-23(24,25)26/h7-10,12-13,27H,4-6,11H2,1-3H3. The highest BCUT2D eigenvalue weighted by atomic mass is 19.4. The van der Waals surface area contributed by atoms with Crippen LogP contribution in [0, 0.1) is 0 Å². The molecule has 7 nitrogen and oxygen atoms in total. The molecule has 1 aliphatic rings. The highest BCUT2D eigenvalue weighted by Crippen LogP contribution is 2.43. The average molecular weight is 463 g/mol. The van der Waals surface area contributed by atoms with Gasteiger partial charge in [0.05, 0.1) is 32.7 Å². The van der Waals surface area contributed by atoms with E-state index >= 15 is 0 Å². The Bertz CT molecular complexity index is 1100. The Labute approximate surface area is 189 Å². The topological polar surface area (TPSA) is 66.8 Å². The van der Waals surface area contributed by atoms with Gasteiger partial charge in [-0.2, -0.15) is 5.10 Å². The molecule has 0 saturated carbocycles. The van der Waals surface area contributed by atoms with Gasteiger partial charge in [0.2, 0.25) is 5.75 Å². The molecular weight excluding hydrogens is 439 g/mol. The van der Waals surface area contributed by atoms with Gasteiger partial charge in [-0.25, -0.2) is 4.68 Å². The predicted octanol–water partition coefficient (Wildman–Crippen LogP) is 5.21. The van der Waals surface area contributed by atoms with Crippen molar-refractivity contribution in [1.29, 1.82) is 0 Å². The van der Waals surface area contributed by atoms with Gasteiger partial charge in [-0.3, -0.25) is 0 Å². The molecule has 0 aliphatic carbocycles. The van der Waals surface area contributed by atoms with Crippen LogP contribution < -0.4 is 24.3 Å². The van der Waals surface area contributed by atoms with Crippen LogP contribution in [0.3, 0.4) is 0 Å². The van der Waals surface area contributed by atoms with E-state index in [4.69, 9.17) is 19.3 Å². The van der Waals surface area contributed by atoms with Crippen LogP contribution in [0.2, 0.25) is 0 Å². The summed E-state index contributed by atoms with van der Waals surface area (Å²) >= 11 is 0. The molecule has 1 N–H and O–H groups in total. The van der Waals surface area contributed by atoms with Crippen LogP contribution >= 0.6 is 0 Å². The summed E-state index contributed by atoms with van der Waals surface area (Å²) in [6, 6.07) is 9.29. The summed E-state index contributed by atoms with van der Waals surface area (Å²) in [5, 5.41) is 8.24. The molecule has 33 heavy (non-hydrogen) atoms. The predicted molar refractivity (Wildman–Crippen MR) is 117 cm³/mol. The van der Waals surface area contributed by atoms with Gasteiger partial charge in [0.25, 0.3) is 0 Å². The summed E-state index contributed by atoms with van der Waals surface area (Å²) in [5.41, 5.74) is 3.13. The lowest BCUT2D eigenvalue weighted by Gasteiger charge is -2.14. The molecule has 3 aromatic rings. The fourth-order valence-electron chi connectivity index (χ4n) is 3.93. The van der Waals surface area contributed by atoms with Crippen molar-refractivity contribution >= 4 is 5.82 Å². The summed E-state index contributed by atoms with van der Waals surface area (Å²) in [5.74, 6) is 2.01. The monoisotopic (exact) mass is 463 g/mol. The number of nitrogens with one attached hydrogen (secondary N) is 1. The van der Waals surface area contributed by atoms with Crippen LogP contribution in [0.25, 0.3) is 16.9 Å². The molecule has 0 bridgehead atoms. The van der Waals surface area contributed by atoms with Crippen molar-refractivity contribution in [2.75, 3.05) is 33.2 Å². The van der Waals surface area contributed by atoms with Crippen molar-refractivity contribution < 1.29 is 32.1 Å². The molecule has 0 atom stereocenters. The number of rotatable bonds is 6. The number of aromatic nitrogens is 2. The molecule has 0 unspecified atom stereocenters. The number of alkyl halides is 3. The van der Waals surface area contributed by atoms with Crippen molar-refractivity contribution in [1.82, 2.24) is 9.78 Å². The zero-order valence-corrected chi connectivity index (χ0v) is 18.5.